The second-order valence-electron chi connectivity index (χ2n) is 9.41. The molecule has 0 atom stereocenters. The Balaban J connectivity index is 1.34. The highest BCUT2D eigenvalue weighted by atomic mass is 32.2. The number of alkyl halides is 3. The predicted molar refractivity (Wildman–Crippen MR) is 126 cm³/mol. The van der Waals surface area contributed by atoms with Crippen molar-refractivity contribution in [3.05, 3.63) is 52.8 Å². The van der Waals surface area contributed by atoms with Gasteiger partial charge in [-0.05, 0) is 44.9 Å². The number of pyridine rings is 1. The lowest BCUT2D eigenvalue weighted by molar-refractivity contribution is -0.136. The number of halogens is 3. The summed E-state index contributed by atoms with van der Waals surface area (Å²) in [6.07, 6.45) is -2.98. The maximum Gasteiger partial charge on any atom is 0.417 e. The van der Waals surface area contributed by atoms with E-state index in [4.69, 9.17) is 0 Å². The Hall–Kier alpha value is -2.99. The number of carbonyl (C=O) groups is 1. The number of nitrogens with zero attached hydrogens (tertiary/aromatic N) is 5. The Bertz CT molecular complexity index is 1420. The van der Waals surface area contributed by atoms with E-state index in [9.17, 15) is 26.4 Å². The highest BCUT2D eigenvalue weighted by Crippen LogP contribution is 2.43. The van der Waals surface area contributed by atoms with Crippen LogP contribution in [0.25, 0.3) is 11.0 Å². The average Bonchev–Trinajstić information content (AvgIpc) is 3.63. The van der Waals surface area contributed by atoms with Gasteiger partial charge in [-0.25, -0.2) is 18.1 Å². The molecule has 1 aliphatic carbocycles. The van der Waals surface area contributed by atoms with Crippen LogP contribution in [-0.2, 0) is 27.5 Å². The first-order valence-corrected chi connectivity index (χ1v) is 13.2. The van der Waals surface area contributed by atoms with Gasteiger partial charge in [0.05, 0.1) is 21.5 Å². The summed E-state index contributed by atoms with van der Waals surface area (Å²) in [5.74, 6) is -0.350. The number of fused-ring (bicyclic) bond motifs is 1. The number of piperazine rings is 1. The molecular weight excluding hydrogens is 495 g/mol. The maximum absolute atomic E-state index is 13.8. The lowest BCUT2D eigenvalue weighted by Gasteiger charge is -2.34. The van der Waals surface area contributed by atoms with E-state index in [0.29, 0.717) is 5.69 Å². The highest BCUT2D eigenvalue weighted by molar-refractivity contribution is 7.89. The minimum Gasteiger partial charge on any atom is -0.338 e. The molecule has 0 N–H and O–H groups in total. The van der Waals surface area contributed by atoms with Gasteiger partial charge in [0, 0.05) is 37.8 Å². The topological polar surface area (TPSA) is 88.4 Å². The molecule has 12 heteroatoms. The van der Waals surface area contributed by atoms with Crippen molar-refractivity contribution in [2.75, 3.05) is 26.2 Å². The number of aryl methyl sites for hydroxylation is 2. The molecule has 0 spiro atoms. The van der Waals surface area contributed by atoms with Gasteiger partial charge in [0.25, 0.3) is 0 Å². The molecule has 1 aromatic carbocycles. The highest BCUT2D eigenvalue weighted by Gasteiger charge is 2.38. The van der Waals surface area contributed by atoms with Crippen molar-refractivity contribution in [3.8, 4) is 0 Å². The zero-order valence-electron chi connectivity index (χ0n) is 19.9. The predicted octanol–water partition coefficient (Wildman–Crippen LogP) is 3.48. The summed E-state index contributed by atoms with van der Waals surface area (Å²) in [6, 6.07) is 7.69. The Morgan fingerprint density at radius 1 is 1.06 bits per heavy atom. The van der Waals surface area contributed by atoms with E-state index in [1.54, 1.807) is 24.3 Å². The molecular formula is C24H26F3N5O3S. The summed E-state index contributed by atoms with van der Waals surface area (Å²) < 4.78 is 69.9. The molecule has 5 rings (SSSR count). The summed E-state index contributed by atoms with van der Waals surface area (Å²) in [7, 11) is -3.68. The number of amides is 1. The number of rotatable bonds is 5. The summed E-state index contributed by atoms with van der Waals surface area (Å²) in [5, 5.41) is 4.13. The molecule has 1 saturated heterocycles. The third kappa shape index (κ3) is 4.59. The SMILES string of the molecule is Cc1ccc(S(=O)(=O)N2CCN(C(=O)Cn3nc(C)c4c(C(F)(F)F)cc(C5CC5)nc43)CC2)cc1. The first-order chi connectivity index (χ1) is 16.9. The van der Waals surface area contributed by atoms with Crippen LogP contribution >= 0.6 is 0 Å². The molecule has 0 unspecified atom stereocenters. The third-order valence-electron chi connectivity index (χ3n) is 6.73. The zero-order valence-corrected chi connectivity index (χ0v) is 20.7. The minimum atomic E-state index is -4.56. The van der Waals surface area contributed by atoms with Crippen LogP contribution in [0.4, 0.5) is 13.2 Å². The van der Waals surface area contributed by atoms with Crippen molar-refractivity contribution in [1.82, 2.24) is 24.0 Å². The first kappa shape index (κ1) is 24.7. The van der Waals surface area contributed by atoms with Crippen LogP contribution < -0.4 is 0 Å². The largest absolute Gasteiger partial charge is 0.417 e. The van der Waals surface area contributed by atoms with Crippen LogP contribution in [0.15, 0.2) is 35.2 Å². The Labute approximate surface area is 206 Å². The molecule has 0 bridgehead atoms. The van der Waals surface area contributed by atoms with Crippen LogP contribution in [-0.4, -0.2) is 64.5 Å². The number of sulfonamides is 1. The van der Waals surface area contributed by atoms with E-state index in [1.165, 1.54) is 20.8 Å². The van der Waals surface area contributed by atoms with Gasteiger partial charge in [0.2, 0.25) is 15.9 Å². The molecule has 0 radical (unpaired) electrons. The molecule has 1 amide bonds. The summed E-state index contributed by atoms with van der Waals surface area (Å²) in [4.78, 5) is 19.2. The number of benzene rings is 1. The Morgan fingerprint density at radius 2 is 1.69 bits per heavy atom. The second kappa shape index (κ2) is 8.84. The molecule has 2 aromatic heterocycles. The molecule has 36 heavy (non-hydrogen) atoms. The quantitative estimate of drug-likeness (QED) is 0.513. The van der Waals surface area contributed by atoms with Crippen molar-refractivity contribution < 1.29 is 26.4 Å². The summed E-state index contributed by atoms with van der Waals surface area (Å²) >= 11 is 0. The molecule has 3 heterocycles. The fourth-order valence-corrected chi connectivity index (χ4v) is 5.98. The van der Waals surface area contributed by atoms with E-state index in [0.717, 1.165) is 24.5 Å². The normalized spacial score (nSPS) is 17.6. The number of hydrogen-bond donors (Lipinski definition) is 0. The molecule has 2 fully saturated rings. The lowest BCUT2D eigenvalue weighted by atomic mass is 10.1. The number of carbonyl (C=O) groups excluding carboxylic acids is 1. The van der Waals surface area contributed by atoms with Gasteiger partial charge in [-0.15, -0.1) is 0 Å². The van der Waals surface area contributed by atoms with Gasteiger partial charge in [-0.1, -0.05) is 17.7 Å². The Kier molecular flexibility index (Phi) is 6.06. The summed E-state index contributed by atoms with van der Waals surface area (Å²) in [6.45, 7) is 3.69. The van der Waals surface area contributed by atoms with E-state index in [1.807, 2.05) is 6.92 Å². The van der Waals surface area contributed by atoms with Crippen LogP contribution in [0.5, 0.6) is 0 Å². The maximum atomic E-state index is 13.8. The smallest absolute Gasteiger partial charge is 0.338 e. The molecule has 3 aromatic rings. The Morgan fingerprint density at radius 3 is 2.28 bits per heavy atom. The van der Waals surface area contributed by atoms with Gasteiger partial charge >= 0.3 is 6.18 Å². The molecule has 2 aliphatic rings. The average molecular weight is 522 g/mol. The van der Waals surface area contributed by atoms with E-state index in [2.05, 4.69) is 10.1 Å². The van der Waals surface area contributed by atoms with E-state index >= 15 is 0 Å². The lowest BCUT2D eigenvalue weighted by Crippen LogP contribution is -2.51. The van der Waals surface area contributed by atoms with Crippen LogP contribution in [0.1, 0.15) is 41.3 Å². The van der Waals surface area contributed by atoms with Crippen LogP contribution in [0, 0.1) is 13.8 Å². The van der Waals surface area contributed by atoms with Gasteiger partial charge < -0.3 is 4.90 Å². The standard InChI is InChI=1S/C24H26F3N5O3S/c1-15-3-7-18(8-4-15)36(34,35)31-11-9-30(10-12-31)21(33)14-32-23-22(16(2)29-32)19(24(25,26)27)13-20(28-23)17-5-6-17/h3-4,7-8,13,17H,5-6,9-12,14H2,1-2H3. The van der Waals surface area contributed by atoms with Gasteiger partial charge in [0.1, 0.15) is 6.54 Å². The summed E-state index contributed by atoms with van der Waals surface area (Å²) in [5.41, 5.74) is 0.762. The zero-order chi connectivity index (χ0) is 25.8. The van der Waals surface area contributed by atoms with E-state index < -0.39 is 21.8 Å². The number of aromatic nitrogens is 3. The minimum absolute atomic E-state index is 0.00147. The van der Waals surface area contributed by atoms with Crippen molar-refractivity contribution in [2.24, 2.45) is 0 Å². The van der Waals surface area contributed by atoms with Gasteiger partial charge in [0.15, 0.2) is 5.65 Å². The van der Waals surface area contributed by atoms with Crippen molar-refractivity contribution >= 4 is 27.0 Å². The molecule has 192 valence electrons. The first-order valence-electron chi connectivity index (χ1n) is 11.7. The third-order valence-corrected chi connectivity index (χ3v) is 8.65. The van der Waals surface area contributed by atoms with Crippen LogP contribution in [0.2, 0.25) is 0 Å². The second-order valence-corrected chi connectivity index (χ2v) is 11.3. The fourth-order valence-electron chi connectivity index (χ4n) is 4.56. The number of hydrogen-bond acceptors (Lipinski definition) is 5. The van der Waals surface area contributed by atoms with Crippen molar-refractivity contribution in [1.29, 1.82) is 0 Å². The van der Waals surface area contributed by atoms with E-state index in [-0.39, 0.29) is 66.2 Å². The molecule has 1 saturated carbocycles. The van der Waals surface area contributed by atoms with Crippen molar-refractivity contribution in [3.63, 3.8) is 0 Å². The molecule has 1 aliphatic heterocycles. The molecule has 8 nitrogen and oxygen atoms in total. The monoisotopic (exact) mass is 521 g/mol. The fraction of sp³-hybridized carbons (Fsp3) is 0.458. The van der Waals surface area contributed by atoms with Crippen LogP contribution in [0.3, 0.4) is 0 Å². The van der Waals surface area contributed by atoms with Crippen molar-refractivity contribution in [2.45, 2.75) is 50.2 Å². The van der Waals surface area contributed by atoms with Gasteiger partial charge in [-0.2, -0.15) is 22.6 Å². The van der Waals surface area contributed by atoms with Gasteiger partial charge in [-0.3, -0.25) is 4.79 Å².